The molecule has 3 aromatic rings. The number of aryl methyl sites for hydroxylation is 1. The summed E-state index contributed by atoms with van der Waals surface area (Å²) in [6, 6.07) is 13.0. The SMILES string of the molecule is Cc1nc(-c2ccccc2)n(-c2c(Cl)cc(Cl)cc2Cl)n1. The van der Waals surface area contributed by atoms with Gasteiger partial charge in [-0.2, -0.15) is 5.10 Å². The highest BCUT2D eigenvalue weighted by Gasteiger charge is 2.17. The summed E-state index contributed by atoms with van der Waals surface area (Å²) in [5.74, 6) is 1.31. The van der Waals surface area contributed by atoms with Crippen LogP contribution in [-0.2, 0) is 0 Å². The van der Waals surface area contributed by atoms with Crippen molar-refractivity contribution in [3.8, 4) is 17.1 Å². The molecule has 3 nitrogen and oxygen atoms in total. The van der Waals surface area contributed by atoms with E-state index in [9.17, 15) is 0 Å². The predicted octanol–water partition coefficient (Wildman–Crippen LogP) is 5.20. The number of hydrogen-bond donors (Lipinski definition) is 0. The third-order valence-corrected chi connectivity index (χ3v) is 3.73. The van der Waals surface area contributed by atoms with Crippen molar-refractivity contribution in [2.24, 2.45) is 0 Å². The van der Waals surface area contributed by atoms with Crippen LogP contribution in [0.2, 0.25) is 15.1 Å². The summed E-state index contributed by atoms with van der Waals surface area (Å²) in [4.78, 5) is 4.46. The Bertz CT molecular complexity index is 774. The quantitative estimate of drug-likeness (QED) is 0.642. The average Bonchev–Trinajstić information content (AvgIpc) is 2.80. The van der Waals surface area contributed by atoms with Crippen molar-refractivity contribution in [1.82, 2.24) is 14.8 Å². The van der Waals surface area contributed by atoms with Gasteiger partial charge in [-0.15, -0.1) is 0 Å². The van der Waals surface area contributed by atoms with Crippen molar-refractivity contribution in [3.05, 3.63) is 63.4 Å². The molecule has 0 fully saturated rings. The molecule has 0 amide bonds. The zero-order chi connectivity index (χ0) is 15.0. The van der Waals surface area contributed by atoms with E-state index in [0.29, 0.717) is 32.4 Å². The van der Waals surface area contributed by atoms with E-state index in [-0.39, 0.29) is 0 Å². The smallest absolute Gasteiger partial charge is 0.163 e. The number of nitrogens with zero attached hydrogens (tertiary/aromatic N) is 3. The lowest BCUT2D eigenvalue weighted by Gasteiger charge is -2.10. The molecule has 0 bridgehead atoms. The van der Waals surface area contributed by atoms with Gasteiger partial charge in [0.2, 0.25) is 0 Å². The Labute approximate surface area is 137 Å². The maximum Gasteiger partial charge on any atom is 0.163 e. The van der Waals surface area contributed by atoms with Crippen molar-refractivity contribution in [3.63, 3.8) is 0 Å². The van der Waals surface area contributed by atoms with Crippen LogP contribution in [0.15, 0.2) is 42.5 Å². The molecule has 0 saturated heterocycles. The van der Waals surface area contributed by atoms with Crippen molar-refractivity contribution in [2.45, 2.75) is 6.92 Å². The van der Waals surface area contributed by atoms with E-state index in [1.807, 2.05) is 37.3 Å². The van der Waals surface area contributed by atoms with Gasteiger partial charge in [0.15, 0.2) is 5.82 Å². The second-order valence-corrected chi connectivity index (χ2v) is 5.73. The van der Waals surface area contributed by atoms with Gasteiger partial charge in [0.1, 0.15) is 11.5 Å². The van der Waals surface area contributed by atoms with Crippen molar-refractivity contribution < 1.29 is 0 Å². The van der Waals surface area contributed by atoms with Crippen LogP contribution < -0.4 is 0 Å². The van der Waals surface area contributed by atoms with Gasteiger partial charge in [-0.1, -0.05) is 65.1 Å². The standard InChI is InChI=1S/C15H10Cl3N3/c1-9-19-15(10-5-3-2-4-6-10)21(20-9)14-12(17)7-11(16)8-13(14)18/h2-8H,1H3. The van der Waals surface area contributed by atoms with Crippen molar-refractivity contribution >= 4 is 34.8 Å². The van der Waals surface area contributed by atoms with Gasteiger partial charge < -0.3 is 0 Å². The minimum absolute atomic E-state index is 0.426. The molecule has 0 aliphatic carbocycles. The maximum atomic E-state index is 6.28. The topological polar surface area (TPSA) is 30.7 Å². The fourth-order valence-corrected chi connectivity index (χ4v) is 3.06. The zero-order valence-electron chi connectivity index (χ0n) is 11.0. The van der Waals surface area contributed by atoms with Crippen LogP contribution in [0.5, 0.6) is 0 Å². The molecule has 1 aromatic heterocycles. The average molecular weight is 339 g/mol. The van der Waals surface area contributed by atoms with Crippen LogP contribution in [0.25, 0.3) is 17.1 Å². The molecular formula is C15H10Cl3N3. The molecule has 0 N–H and O–H groups in total. The van der Waals surface area contributed by atoms with Crippen LogP contribution in [0.4, 0.5) is 0 Å². The van der Waals surface area contributed by atoms with E-state index in [0.717, 1.165) is 5.56 Å². The first-order valence-corrected chi connectivity index (χ1v) is 7.33. The van der Waals surface area contributed by atoms with Crippen LogP contribution in [0.1, 0.15) is 5.82 Å². The van der Waals surface area contributed by atoms with Crippen LogP contribution >= 0.6 is 34.8 Å². The second kappa shape index (κ2) is 5.68. The van der Waals surface area contributed by atoms with Gasteiger partial charge in [-0.05, 0) is 19.1 Å². The molecule has 1 heterocycles. The Balaban J connectivity index is 2.26. The lowest BCUT2D eigenvalue weighted by atomic mass is 10.2. The van der Waals surface area contributed by atoms with Crippen molar-refractivity contribution in [1.29, 1.82) is 0 Å². The molecule has 0 saturated carbocycles. The lowest BCUT2D eigenvalue weighted by Crippen LogP contribution is -2.01. The molecule has 0 unspecified atom stereocenters. The molecule has 6 heteroatoms. The highest BCUT2D eigenvalue weighted by Crippen LogP contribution is 2.34. The number of halogens is 3. The van der Waals surface area contributed by atoms with E-state index in [1.165, 1.54) is 0 Å². The number of rotatable bonds is 2. The molecule has 21 heavy (non-hydrogen) atoms. The summed E-state index contributed by atoms with van der Waals surface area (Å²) in [7, 11) is 0. The summed E-state index contributed by atoms with van der Waals surface area (Å²) in [6.45, 7) is 1.82. The van der Waals surface area contributed by atoms with E-state index in [1.54, 1.807) is 16.8 Å². The third-order valence-electron chi connectivity index (χ3n) is 2.94. The largest absolute Gasteiger partial charge is 0.212 e. The normalized spacial score (nSPS) is 10.9. The Hall–Kier alpha value is -1.55. The number of aromatic nitrogens is 3. The van der Waals surface area contributed by atoms with E-state index in [2.05, 4.69) is 10.1 Å². The molecule has 106 valence electrons. The molecule has 2 aromatic carbocycles. The minimum Gasteiger partial charge on any atom is -0.212 e. The lowest BCUT2D eigenvalue weighted by molar-refractivity contribution is 0.869. The highest BCUT2D eigenvalue weighted by molar-refractivity contribution is 6.40. The first kappa shape index (κ1) is 14.4. The number of benzene rings is 2. The second-order valence-electron chi connectivity index (χ2n) is 4.48. The Kier molecular flexibility index (Phi) is 3.89. The van der Waals surface area contributed by atoms with E-state index < -0.39 is 0 Å². The van der Waals surface area contributed by atoms with Crippen LogP contribution in [0, 0.1) is 6.92 Å². The monoisotopic (exact) mass is 337 g/mol. The van der Waals surface area contributed by atoms with Gasteiger partial charge >= 0.3 is 0 Å². The molecule has 0 spiro atoms. The van der Waals surface area contributed by atoms with Crippen LogP contribution in [-0.4, -0.2) is 14.8 Å². The van der Waals surface area contributed by atoms with Gasteiger partial charge in [-0.3, -0.25) is 0 Å². The fraction of sp³-hybridized carbons (Fsp3) is 0.0667. The van der Waals surface area contributed by atoms with E-state index >= 15 is 0 Å². The Morgan fingerprint density at radius 2 is 1.57 bits per heavy atom. The molecule has 0 atom stereocenters. The summed E-state index contributed by atoms with van der Waals surface area (Å²) in [5, 5.41) is 5.73. The summed E-state index contributed by atoms with van der Waals surface area (Å²) >= 11 is 18.5. The molecule has 0 aliphatic rings. The molecule has 0 aliphatic heterocycles. The first-order chi connectivity index (χ1) is 10.1. The fourth-order valence-electron chi connectivity index (χ4n) is 2.08. The van der Waals surface area contributed by atoms with Gasteiger partial charge in [0, 0.05) is 10.6 Å². The number of hydrogen-bond acceptors (Lipinski definition) is 2. The highest BCUT2D eigenvalue weighted by atomic mass is 35.5. The van der Waals surface area contributed by atoms with Gasteiger partial charge in [-0.25, -0.2) is 9.67 Å². The van der Waals surface area contributed by atoms with Gasteiger partial charge in [0.25, 0.3) is 0 Å². The zero-order valence-corrected chi connectivity index (χ0v) is 13.3. The predicted molar refractivity (Wildman–Crippen MR) is 86.6 cm³/mol. The van der Waals surface area contributed by atoms with E-state index in [4.69, 9.17) is 34.8 Å². The van der Waals surface area contributed by atoms with Gasteiger partial charge in [0.05, 0.1) is 10.0 Å². The minimum atomic E-state index is 0.426. The first-order valence-electron chi connectivity index (χ1n) is 6.20. The van der Waals surface area contributed by atoms with Crippen LogP contribution in [0.3, 0.4) is 0 Å². The van der Waals surface area contributed by atoms with Crippen molar-refractivity contribution in [2.75, 3.05) is 0 Å². The third kappa shape index (κ3) is 2.77. The maximum absolute atomic E-state index is 6.28. The Morgan fingerprint density at radius 1 is 0.952 bits per heavy atom. The molecule has 3 rings (SSSR count). The summed E-state index contributed by atoms with van der Waals surface area (Å²) in [6.07, 6.45) is 0. The summed E-state index contributed by atoms with van der Waals surface area (Å²) in [5.41, 5.74) is 1.50. The summed E-state index contributed by atoms with van der Waals surface area (Å²) < 4.78 is 1.64. The molecular weight excluding hydrogens is 329 g/mol. The molecule has 0 radical (unpaired) electrons. The Morgan fingerprint density at radius 3 is 2.19 bits per heavy atom.